The van der Waals surface area contributed by atoms with E-state index in [2.05, 4.69) is 9.97 Å². The summed E-state index contributed by atoms with van der Waals surface area (Å²) in [5.41, 5.74) is -0.796. The molecular weight excluding hydrogens is 292 g/mol. The molecule has 0 radical (unpaired) electrons. The van der Waals surface area contributed by atoms with Gasteiger partial charge in [-0.05, 0) is 12.1 Å². The van der Waals surface area contributed by atoms with Crippen LogP contribution in [-0.2, 0) is 6.18 Å². The quantitative estimate of drug-likeness (QED) is 0.799. The molecule has 0 fully saturated rings. The first-order valence-corrected chi connectivity index (χ1v) is 5.36. The fourth-order valence-corrected chi connectivity index (χ4v) is 1.67. The first-order chi connectivity index (χ1) is 8.32. The molecule has 0 bridgehead atoms. The second kappa shape index (κ2) is 4.44. The number of hydrogen-bond acceptors (Lipinski definition) is 3. The molecule has 0 amide bonds. The summed E-state index contributed by atoms with van der Waals surface area (Å²) >= 11 is 11.3. The molecule has 2 aromatic rings. The largest absolute Gasteiger partial charge is 0.494 e. The van der Waals surface area contributed by atoms with Gasteiger partial charge in [0.05, 0.1) is 18.2 Å². The number of methoxy groups -OCH3 is 1. The Labute approximate surface area is 109 Å². The SMILES string of the molecule is COc1cc(C(F)(F)F)cc2nc(Cl)c(Cl)nc12. The highest BCUT2D eigenvalue weighted by atomic mass is 35.5. The third-order valence-electron chi connectivity index (χ3n) is 2.20. The summed E-state index contributed by atoms with van der Waals surface area (Å²) in [7, 11) is 1.24. The van der Waals surface area contributed by atoms with Gasteiger partial charge in [-0.25, -0.2) is 9.97 Å². The van der Waals surface area contributed by atoms with Crippen LogP contribution in [-0.4, -0.2) is 17.1 Å². The van der Waals surface area contributed by atoms with Gasteiger partial charge in [-0.1, -0.05) is 23.2 Å². The van der Waals surface area contributed by atoms with Crippen molar-refractivity contribution in [1.29, 1.82) is 0 Å². The first kappa shape index (κ1) is 13.2. The molecule has 1 aromatic heterocycles. The molecule has 3 nitrogen and oxygen atoms in total. The van der Waals surface area contributed by atoms with Crippen molar-refractivity contribution >= 4 is 34.2 Å². The van der Waals surface area contributed by atoms with Gasteiger partial charge in [-0.3, -0.25) is 0 Å². The molecule has 0 N–H and O–H groups in total. The molecule has 1 aromatic carbocycles. The number of nitrogens with zero attached hydrogens (tertiary/aromatic N) is 2. The number of ether oxygens (including phenoxy) is 1. The normalized spacial score (nSPS) is 11.9. The molecule has 2 rings (SSSR count). The summed E-state index contributed by atoms with van der Waals surface area (Å²) in [6, 6.07) is 1.67. The summed E-state index contributed by atoms with van der Waals surface area (Å²) in [4.78, 5) is 7.60. The Hall–Kier alpha value is -1.27. The Morgan fingerprint density at radius 3 is 2.28 bits per heavy atom. The summed E-state index contributed by atoms with van der Waals surface area (Å²) in [6.45, 7) is 0. The van der Waals surface area contributed by atoms with Crippen molar-refractivity contribution in [3.8, 4) is 5.75 Å². The van der Waals surface area contributed by atoms with Crippen molar-refractivity contribution < 1.29 is 17.9 Å². The zero-order chi connectivity index (χ0) is 13.5. The summed E-state index contributed by atoms with van der Waals surface area (Å²) in [5.74, 6) is -0.0640. The molecule has 0 aliphatic rings. The van der Waals surface area contributed by atoms with Crippen LogP contribution < -0.4 is 4.74 Å². The zero-order valence-corrected chi connectivity index (χ0v) is 10.4. The minimum Gasteiger partial charge on any atom is -0.494 e. The number of fused-ring (bicyclic) bond motifs is 1. The number of aromatic nitrogens is 2. The van der Waals surface area contributed by atoms with Crippen LogP contribution >= 0.6 is 23.2 Å². The van der Waals surface area contributed by atoms with E-state index in [1.807, 2.05) is 0 Å². The van der Waals surface area contributed by atoms with Crippen LogP contribution in [0.2, 0.25) is 10.3 Å². The number of benzene rings is 1. The van der Waals surface area contributed by atoms with Crippen molar-refractivity contribution in [1.82, 2.24) is 9.97 Å². The van der Waals surface area contributed by atoms with Crippen molar-refractivity contribution in [2.75, 3.05) is 7.11 Å². The van der Waals surface area contributed by atoms with Crippen molar-refractivity contribution in [3.05, 3.63) is 28.0 Å². The summed E-state index contributed by atoms with van der Waals surface area (Å²) < 4.78 is 42.8. The maximum absolute atomic E-state index is 12.6. The molecule has 96 valence electrons. The van der Waals surface area contributed by atoms with E-state index in [1.54, 1.807) is 0 Å². The highest BCUT2D eigenvalue weighted by Crippen LogP contribution is 2.36. The predicted molar refractivity (Wildman–Crippen MR) is 61.1 cm³/mol. The zero-order valence-electron chi connectivity index (χ0n) is 8.85. The fourth-order valence-electron chi connectivity index (χ4n) is 1.41. The maximum Gasteiger partial charge on any atom is 0.416 e. The van der Waals surface area contributed by atoms with Gasteiger partial charge in [0.2, 0.25) is 0 Å². The lowest BCUT2D eigenvalue weighted by Gasteiger charge is -2.11. The first-order valence-electron chi connectivity index (χ1n) is 4.61. The van der Waals surface area contributed by atoms with E-state index < -0.39 is 11.7 Å². The molecule has 0 atom stereocenters. The molecule has 0 saturated heterocycles. The van der Waals surface area contributed by atoms with Crippen molar-refractivity contribution in [2.24, 2.45) is 0 Å². The van der Waals surface area contributed by atoms with E-state index in [1.165, 1.54) is 7.11 Å². The van der Waals surface area contributed by atoms with Crippen LogP contribution in [0, 0.1) is 0 Å². The lowest BCUT2D eigenvalue weighted by molar-refractivity contribution is -0.137. The Morgan fingerprint density at radius 2 is 1.72 bits per heavy atom. The van der Waals surface area contributed by atoms with E-state index in [9.17, 15) is 13.2 Å². The van der Waals surface area contributed by atoms with Crippen LogP contribution in [0.1, 0.15) is 5.56 Å². The van der Waals surface area contributed by atoms with Gasteiger partial charge in [0, 0.05) is 0 Å². The van der Waals surface area contributed by atoms with Gasteiger partial charge in [0.15, 0.2) is 10.3 Å². The van der Waals surface area contributed by atoms with Crippen LogP contribution in [0.25, 0.3) is 11.0 Å². The average molecular weight is 297 g/mol. The molecule has 0 spiro atoms. The average Bonchev–Trinajstić information content (AvgIpc) is 2.28. The van der Waals surface area contributed by atoms with Crippen LogP contribution in [0.15, 0.2) is 12.1 Å². The molecule has 18 heavy (non-hydrogen) atoms. The Morgan fingerprint density at radius 1 is 1.11 bits per heavy atom. The van der Waals surface area contributed by atoms with Crippen LogP contribution in [0.5, 0.6) is 5.75 Å². The third-order valence-corrected chi connectivity index (χ3v) is 2.82. The Bertz CT molecular complexity index is 616. The van der Waals surface area contributed by atoms with Gasteiger partial charge < -0.3 is 4.74 Å². The van der Waals surface area contributed by atoms with Crippen LogP contribution in [0.4, 0.5) is 13.2 Å². The Kier molecular flexibility index (Phi) is 3.25. The number of alkyl halides is 3. The smallest absolute Gasteiger partial charge is 0.416 e. The topological polar surface area (TPSA) is 35.0 Å². The third kappa shape index (κ3) is 2.30. The second-order valence-corrected chi connectivity index (χ2v) is 4.07. The highest BCUT2D eigenvalue weighted by Gasteiger charge is 2.32. The van der Waals surface area contributed by atoms with Crippen molar-refractivity contribution in [3.63, 3.8) is 0 Å². The predicted octanol–water partition coefficient (Wildman–Crippen LogP) is 3.96. The monoisotopic (exact) mass is 296 g/mol. The van der Waals surface area contributed by atoms with E-state index in [0.717, 1.165) is 12.1 Å². The van der Waals surface area contributed by atoms with E-state index in [4.69, 9.17) is 27.9 Å². The van der Waals surface area contributed by atoms with E-state index in [-0.39, 0.29) is 27.1 Å². The fraction of sp³-hybridized carbons (Fsp3) is 0.200. The number of hydrogen-bond donors (Lipinski definition) is 0. The van der Waals surface area contributed by atoms with E-state index in [0.29, 0.717) is 0 Å². The van der Waals surface area contributed by atoms with Gasteiger partial charge in [0.1, 0.15) is 11.3 Å². The molecule has 0 saturated carbocycles. The minimum atomic E-state index is -4.50. The number of rotatable bonds is 1. The lowest BCUT2D eigenvalue weighted by atomic mass is 10.1. The van der Waals surface area contributed by atoms with E-state index >= 15 is 0 Å². The van der Waals surface area contributed by atoms with Gasteiger partial charge in [0.25, 0.3) is 0 Å². The molecule has 8 heteroatoms. The standard InChI is InChI=1S/C10H5Cl2F3N2O/c1-18-6-3-4(10(13,14)15)2-5-7(6)17-9(12)8(11)16-5/h2-3H,1H3. The number of halogens is 5. The highest BCUT2D eigenvalue weighted by molar-refractivity contribution is 6.40. The molecule has 1 heterocycles. The molecule has 0 aliphatic heterocycles. The van der Waals surface area contributed by atoms with Crippen molar-refractivity contribution in [2.45, 2.75) is 6.18 Å². The molecule has 0 unspecified atom stereocenters. The molecular formula is C10H5Cl2F3N2O. The second-order valence-electron chi connectivity index (χ2n) is 3.35. The van der Waals surface area contributed by atoms with Gasteiger partial charge >= 0.3 is 6.18 Å². The van der Waals surface area contributed by atoms with Gasteiger partial charge in [-0.2, -0.15) is 13.2 Å². The van der Waals surface area contributed by atoms with Gasteiger partial charge in [-0.15, -0.1) is 0 Å². The Balaban J connectivity index is 2.80. The minimum absolute atomic E-state index is 0.0314. The lowest BCUT2D eigenvalue weighted by Crippen LogP contribution is -2.06. The maximum atomic E-state index is 12.6. The van der Waals surface area contributed by atoms with Crippen LogP contribution in [0.3, 0.4) is 0 Å². The molecule has 0 aliphatic carbocycles. The summed E-state index contributed by atoms with van der Waals surface area (Å²) in [6.07, 6.45) is -4.50. The summed E-state index contributed by atoms with van der Waals surface area (Å²) in [5, 5.41) is -0.257.